The fourth-order valence-corrected chi connectivity index (χ4v) is 2.49. The third-order valence-corrected chi connectivity index (χ3v) is 4.19. The highest BCUT2D eigenvalue weighted by atomic mass is 16.2. The Morgan fingerprint density at radius 2 is 2.00 bits per heavy atom. The Labute approximate surface area is 103 Å². The summed E-state index contributed by atoms with van der Waals surface area (Å²) in [6, 6.07) is -0.0949. The number of amides is 2. The molecule has 4 heteroatoms. The number of rotatable bonds is 4. The summed E-state index contributed by atoms with van der Waals surface area (Å²) in [4.78, 5) is 25.8. The van der Waals surface area contributed by atoms with E-state index in [1.165, 1.54) is 12.8 Å². The van der Waals surface area contributed by atoms with Crippen molar-refractivity contribution in [2.45, 2.75) is 52.1 Å². The van der Waals surface area contributed by atoms with E-state index in [1.807, 2.05) is 13.8 Å². The first-order chi connectivity index (χ1) is 8.04. The van der Waals surface area contributed by atoms with Crippen LogP contribution in [0.5, 0.6) is 0 Å². The molecule has 0 spiro atoms. The normalized spacial score (nSPS) is 28.9. The zero-order valence-corrected chi connectivity index (χ0v) is 10.9. The summed E-state index contributed by atoms with van der Waals surface area (Å²) in [5.41, 5.74) is 0. The quantitative estimate of drug-likeness (QED) is 0.799. The predicted molar refractivity (Wildman–Crippen MR) is 65.3 cm³/mol. The van der Waals surface area contributed by atoms with Crippen molar-refractivity contribution in [2.75, 3.05) is 6.54 Å². The fraction of sp³-hybridized carbons (Fsp3) is 0.846. The molecule has 17 heavy (non-hydrogen) atoms. The van der Waals surface area contributed by atoms with Crippen molar-refractivity contribution in [2.24, 2.45) is 11.8 Å². The van der Waals surface area contributed by atoms with Gasteiger partial charge in [-0.15, -0.1) is 0 Å². The average molecular weight is 238 g/mol. The SMILES string of the molecule is CCC(C)C1NC(=O)CN(C(C)C2CC2)C1=O. The van der Waals surface area contributed by atoms with Gasteiger partial charge in [-0.25, -0.2) is 0 Å². The van der Waals surface area contributed by atoms with Gasteiger partial charge in [0.2, 0.25) is 11.8 Å². The highest BCUT2D eigenvalue weighted by molar-refractivity contribution is 5.95. The molecule has 1 aliphatic carbocycles. The van der Waals surface area contributed by atoms with Gasteiger partial charge in [0.25, 0.3) is 0 Å². The molecule has 0 radical (unpaired) electrons. The summed E-state index contributed by atoms with van der Waals surface area (Å²) in [5.74, 6) is 0.920. The van der Waals surface area contributed by atoms with E-state index in [1.54, 1.807) is 4.90 Å². The molecular weight excluding hydrogens is 216 g/mol. The van der Waals surface area contributed by atoms with Crippen molar-refractivity contribution in [3.05, 3.63) is 0 Å². The predicted octanol–water partition coefficient (Wildman–Crippen LogP) is 1.16. The number of nitrogens with one attached hydrogen (secondary N) is 1. The molecule has 0 aromatic heterocycles. The van der Waals surface area contributed by atoms with Crippen molar-refractivity contribution in [1.29, 1.82) is 0 Å². The molecule has 2 rings (SSSR count). The molecule has 3 unspecified atom stereocenters. The van der Waals surface area contributed by atoms with Crippen LogP contribution in [0, 0.1) is 11.8 Å². The first-order valence-corrected chi connectivity index (χ1v) is 6.64. The van der Waals surface area contributed by atoms with Crippen LogP contribution in [0.3, 0.4) is 0 Å². The second-order valence-corrected chi connectivity index (χ2v) is 5.47. The number of hydrogen-bond acceptors (Lipinski definition) is 2. The maximum atomic E-state index is 12.4. The molecule has 4 nitrogen and oxygen atoms in total. The van der Waals surface area contributed by atoms with Crippen molar-refractivity contribution in [1.82, 2.24) is 10.2 Å². The minimum atomic E-state index is -0.317. The van der Waals surface area contributed by atoms with Gasteiger partial charge in [0.15, 0.2) is 0 Å². The van der Waals surface area contributed by atoms with E-state index in [-0.39, 0.29) is 36.4 Å². The highest BCUT2D eigenvalue weighted by Gasteiger charge is 2.41. The number of carbonyl (C=O) groups excluding carboxylic acids is 2. The van der Waals surface area contributed by atoms with Crippen LogP contribution in [0.2, 0.25) is 0 Å². The molecule has 0 aromatic rings. The molecule has 96 valence electrons. The van der Waals surface area contributed by atoms with Crippen LogP contribution in [0.25, 0.3) is 0 Å². The topological polar surface area (TPSA) is 49.4 Å². The van der Waals surface area contributed by atoms with Gasteiger partial charge in [-0.1, -0.05) is 20.3 Å². The minimum absolute atomic E-state index is 0.0117. The summed E-state index contributed by atoms with van der Waals surface area (Å²) in [5, 5.41) is 2.83. The molecule has 2 aliphatic rings. The van der Waals surface area contributed by atoms with E-state index in [9.17, 15) is 9.59 Å². The lowest BCUT2D eigenvalue weighted by Crippen LogP contribution is -2.62. The lowest BCUT2D eigenvalue weighted by atomic mass is 9.95. The smallest absolute Gasteiger partial charge is 0.246 e. The number of carbonyl (C=O) groups is 2. The van der Waals surface area contributed by atoms with Crippen molar-refractivity contribution < 1.29 is 9.59 Å². The molecule has 2 amide bonds. The van der Waals surface area contributed by atoms with Gasteiger partial charge >= 0.3 is 0 Å². The monoisotopic (exact) mass is 238 g/mol. The van der Waals surface area contributed by atoms with Crippen LogP contribution < -0.4 is 5.32 Å². The van der Waals surface area contributed by atoms with E-state index in [2.05, 4.69) is 12.2 Å². The standard InChI is InChI=1S/C13H22N2O2/c1-4-8(2)12-13(17)15(7-11(16)14-12)9(3)10-5-6-10/h8-10,12H,4-7H2,1-3H3,(H,14,16). The molecule has 1 heterocycles. The molecule has 1 saturated heterocycles. The molecule has 3 atom stereocenters. The van der Waals surface area contributed by atoms with E-state index in [4.69, 9.17) is 0 Å². The van der Waals surface area contributed by atoms with Gasteiger partial charge in [-0.3, -0.25) is 9.59 Å². The lowest BCUT2D eigenvalue weighted by molar-refractivity contribution is -0.148. The Hall–Kier alpha value is -1.06. The summed E-state index contributed by atoms with van der Waals surface area (Å²) in [6.45, 7) is 6.38. The third-order valence-electron chi connectivity index (χ3n) is 4.19. The zero-order chi connectivity index (χ0) is 12.6. The molecule has 2 fully saturated rings. The Kier molecular flexibility index (Phi) is 3.40. The van der Waals surface area contributed by atoms with Crippen LogP contribution in [0.15, 0.2) is 0 Å². The molecule has 0 aromatic carbocycles. The van der Waals surface area contributed by atoms with Gasteiger partial charge in [-0.2, -0.15) is 0 Å². The Morgan fingerprint density at radius 3 is 2.53 bits per heavy atom. The first-order valence-electron chi connectivity index (χ1n) is 6.64. The van der Waals surface area contributed by atoms with E-state index < -0.39 is 0 Å². The Morgan fingerprint density at radius 1 is 1.35 bits per heavy atom. The van der Waals surface area contributed by atoms with Crippen LogP contribution in [0.4, 0.5) is 0 Å². The molecule has 1 saturated carbocycles. The highest BCUT2D eigenvalue weighted by Crippen LogP contribution is 2.36. The van der Waals surface area contributed by atoms with Crippen LogP contribution in [0.1, 0.15) is 40.0 Å². The maximum Gasteiger partial charge on any atom is 0.246 e. The largest absolute Gasteiger partial charge is 0.342 e. The van der Waals surface area contributed by atoms with Gasteiger partial charge in [0.1, 0.15) is 6.04 Å². The number of hydrogen-bond donors (Lipinski definition) is 1. The zero-order valence-electron chi connectivity index (χ0n) is 10.9. The van der Waals surface area contributed by atoms with Crippen molar-refractivity contribution in [3.8, 4) is 0 Å². The Balaban J connectivity index is 2.10. The summed E-state index contributed by atoms with van der Waals surface area (Å²) >= 11 is 0. The number of piperazine rings is 1. The van der Waals surface area contributed by atoms with Crippen molar-refractivity contribution in [3.63, 3.8) is 0 Å². The molecule has 1 N–H and O–H groups in total. The van der Waals surface area contributed by atoms with E-state index in [0.717, 1.165) is 6.42 Å². The average Bonchev–Trinajstić information content (AvgIpc) is 3.13. The fourth-order valence-electron chi connectivity index (χ4n) is 2.49. The lowest BCUT2D eigenvalue weighted by Gasteiger charge is -2.38. The van der Waals surface area contributed by atoms with Crippen LogP contribution >= 0.6 is 0 Å². The van der Waals surface area contributed by atoms with E-state index >= 15 is 0 Å². The van der Waals surface area contributed by atoms with Gasteiger partial charge in [0.05, 0.1) is 6.54 Å². The maximum absolute atomic E-state index is 12.4. The van der Waals surface area contributed by atoms with Crippen molar-refractivity contribution >= 4 is 11.8 Å². The second kappa shape index (κ2) is 4.67. The van der Waals surface area contributed by atoms with Gasteiger partial charge in [0, 0.05) is 6.04 Å². The van der Waals surface area contributed by atoms with Crippen LogP contribution in [-0.2, 0) is 9.59 Å². The van der Waals surface area contributed by atoms with Gasteiger partial charge < -0.3 is 10.2 Å². The minimum Gasteiger partial charge on any atom is -0.342 e. The van der Waals surface area contributed by atoms with Gasteiger partial charge in [-0.05, 0) is 31.6 Å². The third kappa shape index (κ3) is 2.45. The molecular formula is C13H22N2O2. The Bertz CT molecular complexity index is 325. The van der Waals surface area contributed by atoms with E-state index in [0.29, 0.717) is 5.92 Å². The summed E-state index contributed by atoms with van der Waals surface area (Å²) < 4.78 is 0. The molecule has 1 aliphatic heterocycles. The summed E-state index contributed by atoms with van der Waals surface area (Å²) in [7, 11) is 0. The molecule has 0 bridgehead atoms. The second-order valence-electron chi connectivity index (χ2n) is 5.47. The summed E-state index contributed by atoms with van der Waals surface area (Å²) in [6.07, 6.45) is 3.30. The van der Waals surface area contributed by atoms with Crippen LogP contribution in [-0.4, -0.2) is 35.3 Å². The first kappa shape index (κ1) is 12.4. The number of nitrogens with zero attached hydrogens (tertiary/aromatic N) is 1.